The Hall–Kier alpha value is -3.81. The molecular formula is C24H23N3O5. The Kier molecular flexibility index (Phi) is 4.84. The van der Waals surface area contributed by atoms with Gasteiger partial charge in [-0.2, -0.15) is 4.98 Å². The number of carbonyl (C=O) groups is 1. The first kappa shape index (κ1) is 20.1. The maximum atomic E-state index is 13.0. The summed E-state index contributed by atoms with van der Waals surface area (Å²) in [6.07, 6.45) is 0.335. The molecule has 0 bridgehead atoms. The molecule has 0 saturated carbocycles. The normalized spacial score (nSPS) is 14.7. The SMILES string of the molecule is CC(C)N1CCn2c(Cc3ccccc3-c3ccc4c(c3)OCO4)nc(=O)c(O)c2C1=O. The van der Waals surface area contributed by atoms with E-state index in [-0.39, 0.29) is 24.4 Å². The van der Waals surface area contributed by atoms with Gasteiger partial charge in [0.2, 0.25) is 12.5 Å². The average molecular weight is 433 g/mol. The lowest BCUT2D eigenvalue weighted by Gasteiger charge is -2.34. The first-order valence-electron chi connectivity index (χ1n) is 10.6. The molecule has 0 unspecified atom stereocenters. The van der Waals surface area contributed by atoms with E-state index in [4.69, 9.17) is 9.47 Å². The Bertz CT molecular complexity index is 1280. The van der Waals surface area contributed by atoms with Crippen molar-refractivity contribution in [3.63, 3.8) is 0 Å². The fourth-order valence-corrected chi connectivity index (χ4v) is 4.31. The Morgan fingerprint density at radius 2 is 1.84 bits per heavy atom. The molecule has 2 aliphatic rings. The second kappa shape index (κ2) is 7.71. The summed E-state index contributed by atoms with van der Waals surface area (Å²) in [4.78, 5) is 31.2. The van der Waals surface area contributed by atoms with E-state index in [1.54, 1.807) is 9.47 Å². The molecule has 0 aliphatic carbocycles. The summed E-state index contributed by atoms with van der Waals surface area (Å²) in [5.74, 6) is 0.905. The summed E-state index contributed by atoms with van der Waals surface area (Å²) in [7, 11) is 0. The van der Waals surface area contributed by atoms with E-state index in [1.165, 1.54) is 0 Å². The Morgan fingerprint density at radius 1 is 1.06 bits per heavy atom. The molecule has 3 aromatic rings. The van der Waals surface area contributed by atoms with Crippen molar-refractivity contribution in [1.82, 2.24) is 14.5 Å². The number of aromatic nitrogens is 2. The van der Waals surface area contributed by atoms with Gasteiger partial charge in [0.15, 0.2) is 17.2 Å². The lowest BCUT2D eigenvalue weighted by atomic mass is 9.97. The van der Waals surface area contributed by atoms with Gasteiger partial charge in [0, 0.05) is 25.6 Å². The van der Waals surface area contributed by atoms with Gasteiger partial charge in [-0.05, 0) is 42.7 Å². The Labute approximate surface area is 184 Å². The molecule has 164 valence electrons. The van der Waals surface area contributed by atoms with Crippen LogP contribution < -0.4 is 15.0 Å². The van der Waals surface area contributed by atoms with Crippen molar-refractivity contribution >= 4 is 5.91 Å². The number of hydrogen-bond acceptors (Lipinski definition) is 6. The van der Waals surface area contributed by atoms with E-state index in [0.29, 0.717) is 36.8 Å². The Morgan fingerprint density at radius 3 is 2.66 bits per heavy atom. The number of fused-ring (bicyclic) bond motifs is 2. The van der Waals surface area contributed by atoms with Crippen LogP contribution in [0.2, 0.25) is 0 Å². The molecule has 1 aromatic heterocycles. The van der Waals surface area contributed by atoms with Crippen LogP contribution in [0.25, 0.3) is 11.1 Å². The third kappa shape index (κ3) is 3.28. The van der Waals surface area contributed by atoms with Crippen LogP contribution in [0, 0.1) is 0 Å². The van der Waals surface area contributed by atoms with E-state index in [2.05, 4.69) is 4.98 Å². The van der Waals surface area contributed by atoms with Crippen molar-refractivity contribution in [2.75, 3.05) is 13.3 Å². The summed E-state index contributed by atoms with van der Waals surface area (Å²) < 4.78 is 12.6. The number of amides is 1. The van der Waals surface area contributed by atoms with Crippen molar-refractivity contribution in [3.8, 4) is 28.4 Å². The minimum atomic E-state index is -0.786. The number of benzene rings is 2. The maximum absolute atomic E-state index is 13.0. The second-order valence-electron chi connectivity index (χ2n) is 8.18. The Balaban J connectivity index is 1.57. The highest BCUT2D eigenvalue weighted by Crippen LogP contribution is 2.37. The number of aromatic hydroxyl groups is 1. The van der Waals surface area contributed by atoms with E-state index in [0.717, 1.165) is 16.7 Å². The summed E-state index contributed by atoms with van der Waals surface area (Å²) in [6, 6.07) is 13.6. The fourth-order valence-electron chi connectivity index (χ4n) is 4.31. The van der Waals surface area contributed by atoms with Gasteiger partial charge in [0.1, 0.15) is 5.82 Å². The third-order valence-electron chi connectivity index (χ3n) is 5.94. The minimum absolute atomic E-state index is 0.0144. The molecule has 5 rings (SSSR count). The van der Waals surface area contributed by atoms with Crippen molar-refractivity contribution < 1.29 is 19.4 Å². The van der Waals surface area contributed by atoms with Crippen LogP contribution in [0.3, 0.4) is 0 Å². The van der Waals surface area contributed by atoms with E-state index in [9.17, 15) is 14.7 Å². The van der Waals surface area contributed by atoms with Gasteiger partial charge in [0.05, 0.1) is 0 Å². The molecule has 0 fully saturated rings. The zero-order valence-corrected chi connectivity index (χ0v) is 17.9. The standard InChI is InChI=1S/C24H23N3O5/c1-14(2)26-9-10-27-20(25-23(29)22(28)21(27)24(26)30)12-15-5-3-4-6-17(15)16-7-8-18-19(11-16)32-13-31-18/h3-8,11,14,28H,9-10,12-13H2,1-2H3. The smallest absolute Gasteiger partial charge is 0.315 e. The lowest BCUT2D eigenvalue weighted by molar-refractivity contribution is 0.0638. The molecule has 0 spiro atoms. The molecular weight excluding hydrogens is 410 g/mol. The van der Waals surface area contributed by atoms with Crippen LogP contribution in [0.5, 0.6) is 17.2 Å². The highest BCUT2D eigenvalue weighted by Gasteiger charge is 2.32. The molecule has 32 heavy (non-hydrogen) atoms. The summed E-state index contributed by atoms with van der Waals surface area (Å²) in [5, 5.41) is 10.4. The van der Waals surface area contributed by atoms with Crippen LogP contribution in [-0.4, -0.2) is 44.8 Å². The molecule has 8 nitrogen and oxygen atoms in total. The zero-order valence-electron chi connectivity index (χ0n) is 17.9. The van der Waals surface area contributed by atoms with Crippen molar-refractivity contribution in [2.24, 2.45) is 0 Å². The first-order chi connectivity index (χ1) is 15.4. The van der Waals surface area contributed by atoms with E-state index >= 15 is 0 Å². The number of ether oxygens (including phenoxy) is 2. The zero-order chi connectivity index (χ0) is 22.4. The molecule has 2 aliphatic heterocycles. The van der Waals surface area contributed by atoms with Crippen LogP contribution in [0.1, 0.15) is 35.7 Å². The first-order valence-corrected chi connectivity index (χ1v) is 10.6. The molecule has 3 heterocycles. The number of hydrogen-bond donors (Lipinski definition) is 1. The second-order valence-corrected chi connectivity index (χ2v) is 8.18. The third-order valence-corrected chi connectivity index (χ3v) is 5.94. The topological polar surface area (TPSA) is 93.9 Å². The quantitative estimate of drug-likeness (QED) is 0.680. The fraction of sp³-hybridized carbons (Fsp3) is 0.292. The van der Waals surface area contributed by atoms with Crippen LogP contribution in [-0.2, 0) is 13.0 Å². The van der Waals surface area contributed by atoms with Gasteiger partial charge in [-0.1, -0.05) is 30.3 Å². The monoisotopic (exact) mass is 433 g/mol. The molecule has 1 amide bonds. The van der Waals surface area contributed by atoms with Crippen LogP contribution >= 0.6 is 0 Å². The number of nitrogens with zero attached hydrogens (tertiary/aromatic N) is 3. The van der Waals surface area contributed by atoms with Gasteiger partial charge >= 0.3 is 5.56 Å². The predicted octanol–water partition coefficient (Wildman–Crippen LogP) is 2.80. The highest BCUT2D eigenvalue weighted by atomic mass is 16.7. The van der Waals surface area contributed by atoms with Crippen molar-refractivity contribution in [1.29, 1.82) is 0 Å². The highest BCUT2D eigenvalue weighted by molar-refractivity contribution is 5.96. The van der Waals surface area contributed by atoms with Crippen molar-refractivity contribution in [2.45, 2.75) is 32.9 Å². The summed E-state index contributed by atoms with van der Waals surface area (Å²) in [5.41, 5.74) is 2.09. The van der Waals surface area contributed by atoms with Crippen molar-refractivity contribution in [3.05, 3.63) is 69.9 Å². The lowest BCUT2D eigenvalue weighted by Crippen LogP contribution is -2.46. The van der Waals surface area contributed by atoms with Gasteiger partial charge in [-0.25, -0.2) is 0 Å². The largest absolute Gasteiger partial charge is 0.501 e. The molecule has 2 aromatic carbocycles. The predicted molar refractivity (Wildman–Crippen MR) is 117 cm³/mol. The van der Waals surface area contributed by atoms with Gasteiger partial charge in [0.25, 0.3) is 5.91 Å². The summed E-state index contributed by atoms with van der Waals surface area (Å²) >= 11 is 0. The van der Waals surface area contributed by atoms with Crippen LogP contribution in [0.15, 0.2) is 47.3 Å². The van der Waals surface area contributed by atoms with E-state index < -0.39 is 11.3 Å². The average Bonchev–Trinajstić information content (AvgIpc) is 3.25. The minimum Gasteiger partial charge on any atom is -0.501 e. The molecule has 1 N–H and O–H groups in total. The molecule has 8 heteroatoms. The number of carbonyl (C=O) groups excluding carboxylic acids is 1. The molecule has 0 saturated heterocycles. The molecule has 0 atom stereocenters. The molecule has 0 radical (unpaired) electrons. The number of rotatable bonds is 4. The van der Waals surface area contributed by atoms with Crippen LogP contribution in [0.4, 0.5) is 0 Å². The van der Waals surface area contributed by atoms with Gasteiger partial charge < -0.3 is 24.0 Å². The van der Waals surface area contributed by atoms with Gasteiger partial charge in [-0.3, -0.25) is 9.59 Å². The summed E-state index contributed by atoms with van der Waals surface area (Å²) in [6.45, 7) is 4.97. The maximum Gasteiger partial charge on any atom is 0.315 e. The van der Waals surface area contributed by atoms with E-state index in [1.807, 2.05) is 56.3 Å². The van der Waals surface area contributed by atoms with Gasteiger partial charge in [-0.15, -0.1) is 0 Å².